The topological polar surface area (TPSA) is 61.5 Å². The second kappa shape index (κ2) is 3.60. The molecule has 0 heterocycles. The van der Waals surface area contributed by atoms with Crippen LogP contribution >= 0.6 is 12.2 Å². The van der Waals surface area contributed by atoms with Crippen LogP contribution in [0.4, 0.5) is 0 Å². The number of thiocarbonyl (C=S) groups is 1. The number of nitrogens with one attached hydrogen (secondary N) is 1. The zero-order valence-corrected chi connectivity index (χ0v) is 6.27. The van der Waals surface area contributed by atoms with E-state index in [-0.39, 0.29) is 0 Å². The van der Waals surface area contributed by atoms with E-state index in [9.17, 15) is 0 Å². The smallest absolute Gasteiger partial charge is 0.182 e. The SMILES string of the molecule is CNC(=S)N(C)C(N)O. The summed E-state index contributed by atoms with van der Waals surface area (Å²) >= 11 is 4.73. The molecule has 0 aliphatic rings. The molecule has 0 spiro atoms. The first-order valence-corrected chi connectivity index (χ1v) is 2.88. The molecule has 0 amide bonds. The fourth-order valence-electron chi connectivity index (χ4n) is 0.296. The van der Waals surface area contributed by atoms with E-state index in [1.54, 1.807) is 14.1 Å². The van der Waals surface area contributed by atoms with Crippen molar-refractivity contribution in [3.63, 3.8) is 0 Å². The van der Waals surface area contributed by atoms with Gasteiger partial charge < -0.3 is 15.3 Å². The Morgan fingerprint density at radius 3 is 2.44 bits per heavy atom. The Kier molecular flexibility index (Phi) is 3.44. The Labute approximate surface area is 59.6 Å². The lowest BCUT2D eigenvalue weighted by Crippen LogP contribution is -2.46. The molecule has 1 unspecified atom stereocenters. The van der Waals surface area contributed by atoms with Crippen molar-refractivity contribution < 1.29 is 5.11 Å². The van der Waals surface area contributed by atoms with E-state index in [1.165, 1.54) is 4.90 Å². The number of nitrogens with zero attached hydrogens (tertiary/aromatic N) is 1. The monoisotopic (exact) mass is 149 g/mol. The molecule has 0 radical (unpaired) electrons. The highest BCUT2D eigenvalue weighted by Gasteiger charge is 2.05. The molecule has 54 valence electrons. The Hall–Kier alpha value is -0.390. The molecule has 1 atom stereocenters. The van der Waals surface area contributed by atoms with Crippen molar-refractivity contribution in [2.24, 2.45) is 5.73 Å². The summed E-state index contributed by atoms with van der Waals surface area (Å²) < 4.78 is 0. The van der Waals surface area contributed by atoms with E-state index >= 15 is 0 Å². The first-order valence-electron chi connectivity index (χ1n) is 2.47. The normalized spacial score (nSPS) is 12.4. The lowest BCUT2D eigenvalue weighted by molar-refractivity contribution is 0.0758. The highest BCUT2D eigenvalue weighted by molar-refractivity contribution is 7.80. The largest absolute Gasteiger partial charge is 0.366 e. The van der Waals surface area contributed by atoms with Gasteiger partial charge in [0.1, 0.15) is 0 Å². The predicted octanol–water partition coefficient (Wildman–Crippen LogP) is -1.34. The molecule has 0 fully saturated rings. The number of hydrogen-bond donors (Lipinski definition) is 3. The standard InChI is InChI=1S/C4H11N3OS/c1-6-4(9)7(2)3(5)8/h3,8H,5H2,1-2H3,(H,6,9). The maximum Gasteiger partial charge on any atom is 0.182 e. The van der Waals surface area contributed by atoms with Crippen LogP contribution in [0.2, 0.25) is 0 Å². The van der Waals surface area contributed by atoms with Gasteiger partial charge in [-0.05, 0) is 12.2 Å². The molecular weight excluding hydrogens is 138 g/mol. The minimum Gasteiger partial charge on any atom is -0.366 e. The van der Waals surface area contributed by atoms with Gasteiger partial charge in [0.2, 0.25) is 0 Å². The summed E-state index contributed by atoms with van der Waals surface area (Å²) in [5.74, 6) is 0. The minimum absolute atomic E-state index is 0.421. The zero-order valence-electron chi connectivity index (χ0n) is 5.46. The zero-order chi connectivity index (χ0) is 7.44. The number of rotatable bonds is 1. The van der Waals surface area contributed by atoms with Crippen molar-refractivity contribution in [3.05, 3.63) is 0 Å². The van der Waals surface area contributed by atoms with Crippen LogP contribution in [0.25, 0.3) is 0 Å². The summed E-state index contributed by atoms with van der Waals surface area (Å²) in [6.45, 7) is 0. The quantitative estimate of drug-likeness (QED) is 0.318. The number of aliphatic hydroxyl groups is 1. The van der Waals surface area contributed by atoms with Crippen molar-refractivity contribution in [1.29, 1.82) is 0 Å². The first-order chi connectivity index (χ1) is 4.09. The summed E-state index contributed by atoms with van der Waals surface area (Å²) in [6, 6.07) is 0. The van der Waals surface area contributed by atoms with Gasteiger partial charge in [0.25, 0.3) is 0 Å². The Morgan fingerprint density at radius 2 is 2.33 bits per heavy atom. The van der Waals surface area contributed by atoms with E-state index in [4.69, 9.17) is 23.1 Å². The van der Waals surface area contributed by atoms with E-state index in [1.807, 2.05) is 0 Å². The number of nitrogens with two attached hydrogens (primary N) is 1. The Balaban J connectivity index is 3.72. The molecule has 0 aliphatic carbocycles. The van der Waals surface area contributed by atoms with Gasteiger partial charge in [0.05, 0.1) is 0 Å². The molecule has 0 rings (SSSR count). The van der Waals surface area contributed by atoms with Crippen LogP contribution in [-0.2, 0) is 0 Å². The lowest BCUT2D eigenvalue weighted by atomic mass is 10.7. The van der Waals surface area contributed by atoms with Gasteiger partial charge in [-0.2, -0.15) is 0 Å². The van der Waals surface area contributed by atoms with Crippen LogP contribution in [0, 0.1) is 0 Å². The third kappa shape index (κ3) is 2.59. The Bertz CT molecular complexity index is 106. The first kappa shape index (κ1) is 8.61. The minimum atomic E-state index is -1.02. The van der Waals surface area contributed by atoms with Gasteiger partial charge in [-0.3, -0.25) is 5.73 Å². The fourth-order valence-corrected chi connectivity index (χ4v) is 0.404. The molecule has 4 nitrogen and oxygen atoms in total. The van der Waals surface area contributed by atoms with Crippen molar-refractivity contribution in [1.82, 2.24) is 10.2 Å². The van der Waals surface area contributed by atoms with Gasteiger partial charge in [-0.15, -0.1) is 0 Å². The lowest BCUT2D eigenvalue weighted by Gasteiger charge is -2.21. The third-order valence-electron chi connectivity index (χ3n) is 0.931. The molecule has 0 saturated carbocycles. The maximum atomic E-state index is 8.70. The van der Waals surface area contributed by atoms with Crippen molar-refractivity contribution in [3.8, 4) is 0 Å². The van der Waals surface area contributed by atoms with Gasteiger partial charge in [-0.25, -0.2) is 0 Å². The fraction of sp³-hybridized carbons (Fsp3) is 0.750. The molecule has 4 N–H and O–H groups in total. The van der Waals surface area contributed by atoms with Crippen LogP contribution in [0.1, 0.15) is 0 Å². The van der Waals surface area contributed by atoms with E-state index in [2.05, 4.69) is 5.32 Å². The summed E-state index contributed by atoms with van der Waals surface area (Å²) in [4.78, 5) is 1.34. The number of hydrogen-bond acceptors (Lipinski definition) is 3. The maximum absolute atomic E-state index is 8.70. The summed E-state index contributed by atoms with van der Waals surface area (Å²) in [5.41, 5.74) is 5.07. The molecule has 0 aromatic carbocycles. The highest BCUT2D eigenvalue weighted by Crippen LogP contribution is 1.84. The van der Waals surface area contributed by atoms with Crippen LogP contribution in [0.15, 0.2) is 0 Å². The summed E-state index contributed by atoms with van der Waals surface area (Å²) in [5, 5.41) is 11.8. The van der Waals surface area contributed by atoms with Crippen molar-refractivity contribution in [2.45, 2.75) is 6.35 Å². The molecule has 0 aliphatic heterocycles. The van der Waals surface area contributed by atoms with Crippen LogP contribution in [-0.4, -0.2) is 35.6 Å². The molecule has 5 heteroatoms. The molecule has 0 aromatic rings. The molecule has 0 bridgehead atoms. The average molecular weight is 149 g/mol. The van der Waals surface area contributed by atoms with Gasteiger partial charge in [0.15, 0.2) is 11.5 Å². The average Bonchev–Trinajstić information content (AvgIpc) is 1.84. The van der Waals surface area contributed by atoms with Crippen LogP contribution in [0.3, 0.4) is 0 Å². The number of aliphatic hydroxyl groups excluding tert-OH is 1. The predicted molar refractivity (Wildman–Crippen MR) is 39.6 cm³/mol. The Morgan fingerprint density at radius 1 is 1.89 bits per heavy atom. The van der Waals surface area contributed by atoms with E-state index in [0.717, 1.165) is 0 Å². The van der Waals surface area contributed by atoms with Crippen LogP contribution < -0.4 is 11.1 Å². The molecular formula is C4H11N3OS. The molecule has 0 saturated heterocycles. The van der Waals surface area contributed by atoms with Gasteiger partial charge in [0, 0.05) is 14.1 Å². The van der Waals surface area contributed by atoms with Crippen molar-refractivity contribution >= 4 is 17.3 Å². The van der Waals surface area contributed by atoms with Gasteiger partial charge >= 0.3 is 0 Å². The second-order valence-electron chi connectivity index (χ2n) is 1.58. The molecule has 9 heavy (non-hydrogen) atoms. The summed E-state index contributed by atoms with van der Waals surface area (Å²) in [7, 11) is 3.27. The highest BCUT2D eigenvalue weighted by atomic mass is 32.1. The van der Waals surface area contributed by atoms with E-state index < -0.39 is 6.35 Å². The molecule has 0 aromatic heterocycles. The third-order valence-corrected chi connectivity index (χ3v) is 1.42. The second-order valence-corrected chi connectivity index (χ2v) is 1.97. The van der Waals surface area contributed by atoms with Crippen molar-refractivity contribution in [2.75, 3.05) is 14.1 Å². The van der Waals surface area contributed by atoms with Crippen LogP contribution in [0.5, 0.6) is 0 Å². The van der Waals surface area contributed by atoms with Gasteiger partial charge in [-0.1, -0.05) is 0 Å². The summed E-state index contributed by atoms with van der Waals surface area (Å²) in [6.07, 6.45) is -1.02. The van der Waals surface area contributed by atoms with E-state index in [0.29, 0.717) is 5.11 Å².